The fourth-order valence-corrected chi connectivity index (χ4v) is 4.11. The van der Waals surface area contributed by atoms with E-state index in [1.807, 2.05) is 65.2 Å². The standard InChI is InChI=1S/C26H32N2O5.C2H6/c1-17-8-10-21-20(14-17)26(30)24(18(2)33-21)25(28(16-29)13-7-12-27(3)4)19-9-11-22(31-5)23(15-19)32-6;1-2/h8-11,14-16,25H,7,12-13H2,1-6H3;1-2H3. The summed E-state index contributed by atoms with van der Waals surface area (Å²) in [5, 5.41) is 0.500. The van der Waals surface area contributed by atoms with Crippen LogP contribution in [0.2, 0.25) is 0 Å². The van der Waals surface area contributed by atoms with Crippen molar-refractivity contribution in [2.45, 2.75) is 40.2 Å². The molecule has 3 aromatic rings. The van der Waals surface area contributed by atoms with Gasteiger partial charge in [0.2, 0.25) is 6.41 Å². The van der Waals surface area contributed by atoms with E-state index in [4.69, 9.17) is 13.9 Å². The van der Waals surface area contributed by atoms with Gasteiger partial charge >= 0.3 is 0 Å². The molecule has 7 heteroatoms. The second-order valence-corrected chi connectivity index (χ2v) is 8.42. The predicted octanol–water partition coefficient (Wildman–Crippen LogP) is 4.95. The van der Waals surface area contributed by atoms with Gasteiger partial charge in [-0.15, -0.1) is 0 Å². The van der Waals surface area contributed by atoms with E-state index in [1.54, 1.807) is 32.1 Å². The highest BCUT2D eigenvalue weighted by Gasteiger charge is 2.28. The van der Waals surface area contributed by atoms with Gasteiger partial charge in [-0.2, -0.15) is 0 Å². The maximum atomic E-state index is 13.7. The van der Waals surface area contributed by atoms with E-state index in [9.17, 15) is 9.59 Å². The largest absolute Gasteiger partial charge is 0.493 e. The number of carbonyl (C=O) groups is 1. The molecule has 0 fully saturated rings. The van der Waals surface area contributed by atoms with E-state index in [0.29, 0.717) is 40.3 Å². The molecule has 0 radical (unpaired) electrons. The molecule has 7 nitrogen and oxygen atoms in total. The molecule has 1 aromatic heterocycles. The van der Waals surface area contributed by atoms with E-state index >= 15 is 0 Å². The number of fused-ring (bicyclic) bond motifs is 1. The third-order valence-corrected chi connectivity index (χ3v) is 5.75. The van der Waals surface area contributed by atoms with Crippen molar-refractivity contribution in [1.82, 2.24) is 9.80 Å². The summed E-state index contributed by atoms with van der Waals surface area (Å²) >= 11 is 0. The molecule has 1 amide bonds. The van der Waals surface area contributed by atoms with Gasteiger partial charge in [-0.05, 0) is 70.7 Å². The molecular formula is C28H38N2O5. The van der Waals surface area contributed by atoms with Gasteiger partial charge in [0, 0.05) is 6.54 Å². The Labute approximate surface area is 208 Å². The SMILES string of the molecule is CC.COc1ccc(C(c2c(C)oc3ccc(C)cc3c2=O)N(C=O)CCCN(C)C)cc1OC. The molecule has 0 spiro atoms. The third kappa shape index (κ3) is 6.42. The number of rotatable bonds is 10. The molecule has 1 atom stereocenters. The average Bonchev–Trinajstić information content (AvgIpc) is 2.86. The first-order valence-electron chi connectivity index (χ1n) is 11.9. The molecule has 3 rings (SSSR count). The minimum absolute atomic E-state index is 0.142. The summed E-state index contributed by atoms with van der Waals surface area (Å²) in [7, 11) is 7.10. The van der Waals surface area contributed by atoms with Gasteiger partial charge < -0.3 is 23.7 Å². The lowest BCUT2D eigenvalue weighted by Crippen LogP contribution is -2.34. The van der Waals surface area contributed by atoms with Crippen LogP contribution in [0, 0.1) is 13.8 Å². The van der Waals surface area contributed by atoms with Crippen LogP contribution in [0.25, 0.3) is 11.0 Å². The average molecular weight is 483 g/mol. The second kappa shape index (κ2) is 13.0. The maximum Gasteiger partial charge on any atom is 0.210 e. The molecule has 1 heterocycles. The quantitative estimate of drug-likeness (QED) is 0.381. The maximum absolute atomic E-state index is 13.7. The van der Waals surface area contributed by atoms with Crippen molar-refractivity contribution in [3.05, 3.63) is 69.1 Å². The summed E-state index contributed by atoms with van der Waals surface area (Å²) in [5.41, 5.74) is 2.54. The molecule has 0 aliphatic rings. The molecule has 0 saturated carbocycles. The molecule has 0 aliphatic heterocycles. The predicted molar refractivity (Wildman–Crippen MR) is 141 cm³/mol. The number of amides is 1. The van der Waals surface area contributed by atoms with Gasteiger partial charge in [0.05, 0.1) is 31.2 Å². The smallest absolute Gasteiger partial charge is 0.210 e. The zero-order valence-corrected chi connectivity index (χ0v) is 22.2. The minimum atomic E-state index is -0.634. The van der Waals surface area contributed by atoms with Crippen LogP contribution in [-0.2, 0) is 4.79 Å². The number of nitrogens with zero attached hydrogens (tertiary/aromatic N) is 2. The van der Waals surface area contributed by atoms with Crippen LogP contribution in [0.4, 0.5) is 0 Å². The minimum Gasteiger partial charge on any atom is -0.493 e. The Morgan fingerprint density at radius 2 is 1.66 bits per heavy atom. The summed E-state index contributed by atoms with van der Waals surface area (Å²) < 4.78 is 16.9. The fraction of sp³-hybridized carbons (Fsp3) is 0.429. The lowest BCUT2D eigenvalue weighted by atomic mass is 9.94. The molecule has 0 aliphatic carbocycles. The van der Waals surface area contributed by atoms with Gasteiger partial charge in [0.1, 0.15) is 11.3 Å². The Hall–Kier alpha value is -3.32. The van der Waals surface area contributed by atoms with Crippen molar-refractivity contribution in [1.29, 1.82) is 0 Å². The van der Waals surface area contributed by atoms with Crippen LogP contribution < -0.4 is 14.9 Å². The Kier molecular flexibility index (Phi) is 10.3. The topological polar surface area (TPSA) is 72.2 Å². The fourth-order valence-electron chi connectivity index (χ4n) is 4.11. The second-order valence-electron chi connectivity index (χ2n) is 8.42. The van der Waals surface area contributed by atoms with E-state index in [0.717, 1.165) is 30.5 Å². The lowest BCUT2D eigenvalue weighted by molar-refractivity contribution is -0.119. The molecule has 0 bridgehead atoms. The van der Waals surface area contributed by atoms with Crippen molar-refractivity contribution < 1.29 is 18.7 Å². The van der Waals surface area contributed by atoms with Crippen LogP contribution in [0.15, 0.2) is 45.6 Å². The Bertz CT molecular complexity index is 1190. The summed E-state index contributed by atoms with van der Waals surface area (Å²) in [6.45, 7) is 8.99. The number of ether oxygens (including phenoxy) is 2. The molecule has 1 unspecified atom stereocenters. The summed E-state index contributed by atoms with van der Waals surface area (Å²) in [6, 6.07) is 10.4. The monoisotopic (exact) mass is 482 g/mol. The van der Waals surface area contributed by atoms with E-state index in [2.05, 4.69) is 4.90 Å². The van der Waals surface area contributed by atoms with Gasteiger partial charge in [0.25, 0.3) is 0 Å². The van der Waals surface area contributed by atoms with E-state index in [-0.39, 0.29) is 5.43 Å². The normalized spacial score (nSPS) is 11.6. The lowest BCUT2D eigenvalue weighted by Gasteiger charge is -2.30. The van der Waals surface area contributed by atoms with E-state index in [1.165, 1.54) is 0 Å². The number of hydrogen-bond donors (Lipinski definition) is 0. The van der Waals surface area contributed by atoms with Crippen LogP contribution in [0.5, 0.6) is 11.5 Å². The first-order chi connectivity index (χ1) is 16.8. The zero-order chi connectivity index (χ0) is 26.1. The van der Waals surface area contributed by atoms with Crippen molar-refractivity contribution in [3.63, 3.8) is 0 Å². The molecule has 190 valence electrons. The number of aryl methyl sites for hydroxylation is 2. The molecular weight excluding hydrogens is 444 g/mol. The van der Waals surface area contributed by atoms with Crippen molar-refractivity contribution in [2.24, 2.45) is 0 Å². The van der Waals surface area contributed by atoms with Crippen LogP contribution in [0.1, 0.15) is 48.8 Å². The highest BCUT2D eigenvalue weighted by Crippen LogP contribution is 2.35. The Morgan fingerprint density at radius 3 is 2.26 bits per heavy atom. The number of benzene rings is 2. The highest BCUT2D eigenvalue weighted by molar-refractivity contribution is 5.78. The number of methoxy groups -OCH3 is 2. The highest BCUT2D eigenvalue weighted by atomic mass is 16.5. The zero-order valence-electron chi connectivity index (χ0n) is 22.2. The summed E-state index contributed by atoms with van der Waals surface area (Å²) in [6.07, 6.45) is 1.56. The molecule has 2 aromatic carbocycles. The first-order valence-corrected chi connectivity index (χ1v) is 11.9. The molecule has 0 saturated heterocycles. The number of carbonyl (C=O) groups excluding carboxylic acids is 1. The Morgan fingerprint density at radius 1 is 0.971 bits per heavy atom. The van der Waals surface area contributed by atoms with Crippen LogP contribution in [0.3, 0.4) is 0 Å². The third-order valence-electron chi connectivity index (χ3n) is 5.75. The van der Waals surface area contributed by atoms with Gasteiger partial charge in [-0.3, -0.25) is 9.59 Å². The van der Waals surface area contributed by atoms with Crippen LogP contribution in [-0.4, -0.2) is 57.6 Å². The number of hydrogen-bond acceptors (Lipinski definition) is 6. The van der Waals surface area contributed by atoms with Crippen molar-refractivity contribution in [2.75, 3.05) is 41.4 Å². The molecule has 0 N–H and O–H groups in total. The van der Waals surface area contributed by atoms with Crippen LogP contribution >= 0.6 is 0 Å². The summed E-state index contributed by atoms with van der Waals surface area (Å²) in [4.78, 5) is 29.8. The van der Waals surface area contributed by atoms with Gasteiger partial charge in [0.15, 0.2) is 16.9 Å². The van der Waals surface area contributed by atoms with Crippen molar-refractivity contribution >= 4 is 17.4 Å². The molecule has 35 heavy (non-hydrogen) atoms. The van der Waals surface area contributed by atoms with Gasteiger partial charge in [-0.1, -0.05) is 31.5 Å². The summed E-state index contributed by atoms with van der Waals surface area (Å²) in [5.74, 6) is 1.58. The van der Waals surface area contributed by atoms with Crippen molar-refractivity contribution in [3.8, 4) is 11.5 Å². The Balaban J connectivity index is 0.00000210. The van der Waals surface area contributed by atoms with Gasteiger partial charge in [-0.25, -0.2) is 0 Å². The van der Waals surface area contributed by atoms with E-state index < -0.39 is 6.04 Å². The first kappa shape index (κ1) is 27.9.